The molecule has 2 aliphatic rings. The summed E-state index contributed by atoms with van der Waals surface area (Å²) in [5.74, 6) is 1.44. The van der Waals surface area contributed by atoms with Crippen LogP contribution in [0.5, 0.6) is 0 Å². The SMILES string of the molecule is CC(C)(C)C1CCC(=O)C(Cc2ccc3c(c2)CCC3)C1. The van der Waals surface area contributed by atoms with Gasteiger partial charge in [-0.2, -0.15) is 0 Å². The number of carbonyl (C=O) groups is 1. The lowest BCUT2D eigenvalue weighted by atomic mass is 9.67. The average molecular weight is 284 g/mol. The van der Waals surface area contributed by atoms with Crippen molar-refractivity contribution in [2.75, 3.05) is 0 Å². The van der Waals surface area contributed by atoms with Crippen LogP contribution in [-0.2, 0) is 24.1 Å². The molecule has 1 aromatic carbocycles. The zero-order valence-electron chi connectivity index (χ0n) is 13.7. The summed E-state index contributed by atoms with van der Waals surface area (Å²) in [6.45, 7) is 6.96. The summed E-state index contributed by atoms with van der Waals surface area (Å²) in [5, 5.41) is 0. The quantitative estimate of drug-likeness (QED) is 0.766. The molecule has 2 unspecified atom stereocenters. The highest BCUT2D eigenvalue weighted by Gasteiger charge is 2.34. The molecule has 0 N–H and O–H groups in total. The van der Waals surface area contributed by atoms with Crippen molar-refractivity contribution in [3.63, 3.8) is 0 Å². The molecule has 21 heavy (non-hydrogen) atoms. The van der Waals surface area contributed by atoms with Gasteiger partial charge in [-0.05, 0) is 66.5 Å². The number of hydrogen-bond donors (Lipinski definition) is 0. The van der Waals surface area contributed by atoms with Gasteiger partial charge in [-0.25, -0.2) is 0 Å². The fourth-order valence-corrected chi connectivity index (χ4v) is 4.13. The number of hydrogen-bond acceptors (Lipinski definition) is 1. The van der Waals surface area contributed by atoms with Gasteiger partial charge in [0.25, 0.3) is 0 Å². The van der Waals surface area contributed by atoms with Crippen molar-refractivity contribution in [2.24, 2.45) is 17.3 Å². The molecular weight excluding hydrogens is 256 g/mol. The molecule has 1 nitrogen and oxygen atoms in total. The van der Waals surface area contributed by atoms with Gasteiger partial charge in [0.1, 0.15) is 5.78 Å². The number of carbonyl (C=O) groups excluding carboxylic acids is 1. The lowest BCUT2D eigenvalue weighted by Gasteiger charge is -2.37. The fraction of sp³-hybridized carbons (Fsp3) is 0.650. The number of aryl methyl sites for hydroxylation is 2. The Labute approximate surface area is 129 Å². The van der Waals surface area contributed by atoms with E-state index in [-0.39, 0.29) is 5.92 Å². The first-order chi connectivity index (χ1) is 9.93. The van der Waals surface area contributed by atoms with Crippen molar-refractivity contribution in [2.45, 2.75) is 65.7 Å². The minimum Gasteiger partial charge on any atom is -0.299 e. The van der Waals surface area contributed by atoms with Crippen molar-refractivity contribution in [3.05, 3.63) is 34.9 Å². The van der Waals surface area contributed by atoms with E-state index >= 15 is 0 Å². The average Bonchev–Trinajstić information content (AvgIpc) is 2.87. The summed E-state index contributed by atoms with van der Waals surface area (Å²) in [5.41, 5.74) is 4.77. The fourth-order valence-electron chi connectivity index (χ4n) is 4.13. The molecule has 1 fully saturated rings. The number of fused-ring (bicyclic) bond motifs is 1. The minimum absolute atomic E-state index is 0.252. The first-order valence-electron chi connectivity index (χ1n) is 8.57. The molecule has 0 spiro atoms. The highest BCUT2D eigenvalue weighted by molar-refractivity contribution is 5.82. The van der Waals surface area contributed by atoms with Gasteiger partial charge in [-0.15, -0.1) is 0 Å². The van der Waals surface area contributed by atoms with Crippen molar-refractivity contribution in [1.82, 2.24) is 0 Å². The Hall–Kier alpha value is -1.11. The number of rotatable bonds is 2. The molecule has 2 atom stereocenters. The highest BCUT2D eigenvalue weighted by atomic mass is 16.1. The molecule has 114 valence electrons. The second kappa shape index (κ2) is 5.59. The van der Waals surface area contributed by atoms with E-state index in [4.69, 9.17) is 0 Å². The molecule has 0 radical (unpaired) electrons. The highest BCUT2D eigenvalue weighted by Crippen LogP contribution is 2.40. The number of ketones is 1. The van der Waals surface area contributed by atoms with Crippen molar-refractivity contribution < 1.29 is 4.79 Å². The third kappa shape index (κ3) is 3.22. The van der Waals surface area contributed by atoms with Gasteiger partial charge in [-0.3, -0.25) is 4.79 Å². The van der Waals surface area contributed by atoms with Crippen LogP contribution in [0.1, 0.15) is 63.1 Å². The Bertz CT molecular complexity index is 535. The normalized spacial score (nSPS) is 26.0. The summed E-state index contributed by atoms with van der Waals surface area (Å²) in [7, 11) is 0. The topological polar surface area (TPSA) is 17.1 Å². The molecular formula is C20H28O. The van der Waals surface area contributed by atoms with E-state index in [1.165, 1.54) is 36.0 Å². The molecule has 0 amide bonds. The van der Waals surface area contributed by atoms with Gasteiger partial charge in [0, 0.05) is 12.3 Å². The van der Waals surface area contributed by atoms with Crippen LogP contribution in [0.15, 0.2) is 18.2 Å². The van der Waals surface area contributed by atoms with Crippen LogP contribution >= 0.6 is 0 Å². The van der Waals surface area contributed by atoms with E-state index in [0.717, 1.165) is 25.7 Å². The van der Waals surface area contributed by atoms with Crippen LogP contribution < -0.4 is 0 Å². The Morgan fingerprint density at radius 1 is 1.10 bits per heavy atom. The van der Waals surface area contributed by atoms with Crippen LogP contribution in [0.2, 0.25) is 0 Å². The van der Waals surface area contributed by atoms with Crippen LogP contribution in [0.25, 0.3) is 0 Å². The van der Waals surface area contributed by atoms with E-state index in [2.05, 4.69) is 39.0 Å². The summed E-state index contributed by atoms with van der Waals surface area (Å²) in [6, 6.07) is 6.93. The van der Waals surface area contributed by atoms with E-state index in [9.17, 15) is 4.79 Å². The van der Waals surface area contributed by atoms with E-state index in [0.29, 0.717) is 17.1 Å². The van der Waals surface area contributed by atoms with Crippen LogP contribution in [-0.4, -0.2) is 5.78 Å². The first-order valence-corrected chi connectivity index (χ1v) is 8.57. The lowest BCUT2D eigenvalue weighted by molar-refractivity contribution is -0.126. The van der Waals surface area contributed by atoms with Crippen LogP contribution in [0, 0.1) is 17.3 Å². The molecule has 0 aliphatic heterocycles. The molecule has 2 aliphatic carbocycles. The number of benzene rings is 1. The molecule has 0 heterocycles. The second-order valence-corrected chi connectivity index (χ2v) is 8.16. The van der Waals surface area contributed by atoms with Crippen LogP contribution in [0.3, 0.4) is 0 Å². The van der Waals surface area contributed by atoms with Gasteiger partial charge in [0.15, 0.2) is 0 Å². The Morgan fingerprint density at radius 3 is 2.62 bits per heavy atom. The van der Waals surface area contributed by atoms with E-state index in [1.807, 2.05) is 0 Å². The molecule has 1 saturated carbocycles. The maximum absolute atomic E-state index is 12.3. The molecule has 0 saturated heterocycles. The van der Waals surface area contributed by atoms with E-state index < -0.39 is 0 Å². The maximum Gasteiger partial charge on any atom is 0.136 e. The summed E-state index contributed by atoms with van der Waals surface area (Å²) < 4.78 is 0. The lowest BCUT2D eigenvalue weighted by Crippen LogP contribution is -2.33. The first kappa shape index (κ1) is 14.8. The van der Waals surface area contributed by atoms with Crippen molar-refractivity contribution in [1.29, 1.82) is 0 Å². The van der Waals surface area contributed by atoms with Crippen molar-refractivity contribution >= 4 is 5.78 Å². The smallest absolute Gasteiger partial charge is 0.136 e. The zero-order valence-corrected chi connectivity index (χ0v) is 13.7. The van der Waals surface area contributed by atoms with E-state index in [1.54, 1.807) is 0 Å². The van der Waals surface area contributed by atoms with Gasteiger partial charge in [-0.1, -0.05) is 39.0 Å². The molecule has 0 aromatic heterocycles. The second-order valence-electron chi connectivity index (χ2n) is 8.16. The minimum atomic E-state index is 0.252. The predicted octanol–water partition coefficient (Wildman–Crippen LogP) is 4.75. The zero-order chi connectivity index (χ0) is 15.0. The molecule has 1 aromatic rings. The number of Topliss-reactive ketones (excluding diaryl/α,β-unsaturated/α-hetero) is 1. The third-order valence-corrected chi connectivity index (χ3v) is 5.63. The maximum atomic E-state index is 12.3. The Kier molecular flexibility index (Phi) is 3.94. The summed E-state index contributed by atoms with van der Waals surface area (Å²) in [4.78, 5) is 12.3. The third-order valence-electron chi connectivity index (χ3n) is 5.63. The monoisotopic (exact) mass is 284 g/mol. The van der Waals surface area contributed by atoms with Crippen molar-refractivity contribution in [3.8, 4) is 0 Å². The van der Waals surface area contributed by atoms with Gasteiger partial charge >= 0.3 is 0 Å². The molecule has 1 heteroatoms. The van der Waals surface area contributed by atoms with Gasteiger partial charge in [0.2, 0.25) is 0 Å². The van der Waals surface area contributed by atoms with Gasteiger partial charge < -0.3 is 0 Å². The van der Waals surface area contributed by atoms with Crippen LogP contribution in [0.4, 0.5) is 0 Å². The Balaban J connectivity index is 1.72. The largest absolute Gasteiger partial charge is 0.299 e. The Morgan fingerprint density at radius 2 is 1.86 bits per heavy atom. The van der Waals surface area contributed by atoms with Gasteiger partial charge in [0.05, 0.1) is 0 Å². The summed E-state index contributed by atoms with van der Waals surface area (Å²) in [6.07, 6.45) is 7.68. The predicted molar refractivity (Wildman–Crippen MR) is 87.5 cm³/mol. The standard InChI is InChI=1S/C20H28O/c1-20(2,3)18-9-10-19(21)17(13-18)12-14-7-8-15-5-4-6-16(15)11-14/h7-8,11,17-18H,4-6,9-10,12-13H2,1-3H3. The molecule has 0 bridgehead atoms. The molecule has 3 rings (SSSR count). The summed E-state index contributed by atoms with van der Waals surface area (Å²) >= 11 is 0.